The predicted molar refractivity (Wildman–Crippen MR) is 61.9 cm³/mol. The summed E-state index contributed by atoms with van der Waals surface area (Å²) < 4.78 is 5.26. The molecule has 0 aromatic carbocycles. The van der Waals surface area contributed by atoms with Crippen LogP contribution in [0.2, 0.25) is 0 Å². The van der Waals surface area contributed by atoms with E-state index in [1.807, 2.05) is 27.7 Å². The van der Waals surface area contributed by atoms with Crippen LogP contribution in [0.25, 0.3) is 0 Å². The van der Waals surface area contributed by atoms with Crippen molar-refractivity contribution in [1.29, 1.82) is 0 Å². The van der Waals surface area contributed by atoms with Gasteiger partial charge in [-0.3, -0.25) is 9.59 Å². The van der Waals surface area contributed by atoms with Gasteiger partial charge in [-0.15, -0.1) is 0 Å². The summed E-state index contributed by atoms with van der Waals surface area (Å²) >= 11 is 0. The van der Waals surface area contributed by atoms with Crippen molar-refractivity contribution in [2.75, 3.05) is 0 Å². The maximum Gasteiger partial charge on any atom is 0.316 e. The summed E-state index contributed by atoms with van der Waals surface area (Å²) in [5, 5.41) is 0. The number of ether oxygens (including phenoxy) is 1. The summed E-state index contributed by atoms with van der Waals surface area (Å²) in [6, 6.07) is 0. The molecule has 1 aliphatic carbocycles. The molecule has 0 spiro atoms. The zero-order valence-electron chi connectivity index (χ0n) is 10.7. The monoisotopic (exact) mass is 224 g/mol. The van der Waals surface area contributed by atoms with Crippen LogP contribution in [0, 0.1) is 10.8 Å². The number of carbonyl (C=O) groups is 2. The van der Waals surface area contributed by atoms with Gasteiger partial charge in [-0.1, -0.05) is 19.9 Å². The van der Waals surface area contributed by atoms with Crippen molar-refractivity contribution in [2.45, 2.75) is 47.1 Å². The van der Waals surface area contributed by atoms with Crippen molar-refractivity contribution >= 4 is 12.3 Å². The molecule has 1 atom stereocenters. The first kappa shape index (κ1) is 12.9. The number of carbonyl (C=O) groups excluding carboxylic acids is 2. The van der Waals surface area contributed by atoms with Crippen LogP contribution >= 0.6 is 0 Å². The van der Waals surface area contributed by atoms with Crippen molar-refractivity contribution in [1.82, 2.24) is 0 Å². The Labute approximate surface area is 96.9 Å². The molecule has 1 rings (SSSR count). The number of allylic oxidation sites excluding steroid dienone is 1. The second kappa shape index (κ2) is 4.04. The standard InChI is InChI=1S/C13H20O3/c1-9(2)16-11(15)13(6-10(3)7-14)8-12(13,4)5/h6-7,9H,8H2,1-5H3/b10-6+. The highest BCUT2D eigenvalue weighted by molar-refractivity contribution is 5.86. The maximum absolute atomic E-state index is 12.0. The average Bonchev–Trinajstić information content (AvgIpc) is 2.68. The van der Waals surface area contributed by atoms with E-state index in [0.29, 0.717) is 5.57 Å². The molecule has 1 saturated carbocycles. The van der Waals surface area contributed by atoms with E-state index in [4.69, 9.17) is 4.74 Å². The Morgan fingerprint density at radius 1 is 1.38 bits per heavy atom. The zero-order valence-corrected chi connectivity index (χ0v) is 10.7. The van der Waals surface area contributed by atoms with E-state index in [0.717, 1.165) is 12.7 Å². The minimum atomic E-state index is -0.595. The molecule has 0 heterocycles. The van der Waals surface area contributed by atoms with Crippen LogP contribution in [-0.2, 0) is 14.3 Å². The van der Waals surface area contributed by atoms with E-state index in [1.165, 1.54) is 0 Å². The molecule has 0 N–H and O–H groups in total. The Kier molecular flexibility index (Phi) is 3.27. The Morgan fingerprint density at radius 3 is 2.19 bits per heavy atom. The maximum atomic E-state index is 12.0. The summed E-state index contributed by atoms with van der Waals surface area (Å²) in [5.74, 6) is -0.214. The smallest absolute Gasteiger partial charge is 0.316 e. The normalized spacial score (nSPS) is 27.8. The number of aldehydes is 1. The Hall–Kier alpha value is -1.12. The zero-order chi connectivity index (χ0) is 12.6. The van der Waals surface area contributed by atoms with E-state index in [9.17, 15) is 9.59 Å². The molecule has 0 aliphatic heterocycles. The first-order chi connectivity index (χ1) is 7.25. The van der Waals surface area contributed by atoms with Crippen LogP contribution in [0.15, 0.2) is 11.6 Å². The van der Waals surface area contributed by atoms with Crippen molar-refractivity contribution < 1.29 is 14.3 Å². The molecule has 1 unspecified atom stereocenters. The largest absolute Gasteiger partial charge is 0.462 e. The Balaban J connectivity index is 2.93. The number of hydrogen-bond donors (Lipinski definition) is 0. The molecule has 0 aromatic rings. The van der Waals surface area contributed by atoms with Crippen LogP contribution < -0.4 is 0 Å². The third-order valence-corrected chi connectivity index (χ3v) is 3.17. The van der Waals surface area contributed by atoms with Gasteiger partial charge >= 0.3 is 5.97 Å². The number of rotatable bonds is 4. The topological polar surface area (TPSA) is 43.4 Å². The van der Waals surface area contributed by atoms with E-state index >= 15 is 0 Å². The summed E-state index contributed by atoms with van der Waals surface area (Å²) in [4.78, 5) is 22.7. The molecule has 0 radical (unpaired) electrons. The quantitative estimate of drug-likeness (QED) is 0.418. The van der Waals surface area contributed by atoms with Gasteiger partial charge in [-0.05, 0) is 38.2 Å². The fourth-order valence-electron chi connectivity index (χ4n) is 2.05. The summed E-state index contributed by atoms with van der Waals surface area (Å²) in [6.07, 6.45) is 3.16. The molecule has 0 amide bonds. The highest BCUT2D eigenvalue weighted by atomic mass is 16.5. The van der Waals surface area contributed by atoms with Gasteiger partial charge in [0.05, 0.1) is 11.5 Å². The van der Waals surface area contributed by atoms with Gasteiger partial charge in [0.1, 0.15) is 6.29 Å². The van der Waals surface area contributed by atoms with Crippen LogP contribution in [0.5, 0.6) is 0 Å². The third kappa shape index (κ3) is 2.18. The van der Waals surface area contributed by atoms with Gasteiger partial charge in [0.2, 0.25) is 0 Å². The second-order valence-corrected chi connectivity index (χ2v) is 5.49. The van der Waals surface area contributed by atoms with Gasteiger partial charge < -0.3 is 4.74 Å². The van der Waals surface area contributed by atoms with Crippen LogP contribution in [0.3, 0.4) is 0 Å². The average molecular weight is 224 g/mol. The first-order valence-corrected chi connectivity index (χ1v) is 5.61. The highest BCUT2D eigenvalue weighted by Gasteiger charge is 2.66. The molecule has 0 bridgehead atoms. The Morgan fingerprint density at radius 2 is 1.88 bits per heavy atom. The van der Waals surface area contributed by atoms with Crippen LogP contribution in [0.1, 0.15) is 41.0 Å². The molecule has 1 fully saturated rings. The molecular formula is C13H20O3. The molecule has 3 heteroatoms. The number of esters is 1. The molecule has 16 heavy (non-hydrogen) atoms. The molecule has 0 saturated heterocycles. The van der Waals surface area contributed by atoms with Gasteiger partial charge in [0, 0.05) is 0 Å². The highest BCUT2D eigenvalue weighted by Crippen LogP contribution is 2.65. The minimum absolute atomic E-state index is 0.108. The van der Waals surface area contributed by atoms with Gasteiger partial charge in [-0.25, -0.2) is 0 Å². The third-order valence-electron chi connectivity index (χ3n) is 3.17. The minimum Gasteiger partial charge on any atom is -0.462 e. The Bertz CT molecular complexity index is 339. The van der Waals surface area contributed by atoms with E-state index in [1.54, 1.807) is 13.0 Å². The van der Waals surface area contributed by atoms with E-state index < -0.39 is 5.41 Å². The molecule has 1 aliphatic rings. The van der Waals surface area contributed by atoms with Crippen molar-refractivity contribution in [3.63, 3.8) is 0 Å². The fraction of sp³-hybridized carbons (Fsp3) is 0.692. The molecule has 3 nitrogen and oxygen atoms in total. The van der Waals surface area contributed by atoms with Crippen LogP contribution in [-0.4, -0.2) is 18.4 Å². The van der Waals surface area contributed by atoms with E-state index in [-0.39, 0.29) is 17.5 Å². The van der Waals surface area contributed by atoms with Crippen molar-refractivity contribution in [3.8, 4) is 0 Å². The van der Waals surface area contributed by atoms with Gasteiger partial charge in [0.15, 0.2) is 0 Å². The lowest BCUT2D eigenvalue weighted by Gasteiger charge is -2.17. The van der Waals surface area contributed by atoms with Gasteiger partial charge in [-0.2, -0.15) is 0 Å². The second-order valence-electron chi connectivity index (χ2n) is 5.49. The molecular weight excluding hydrogens is 204 g/mol. The van der Waals surface area contributed by atoms with Crippen molar-refractivity contribution in [3.05, 3.63) is 11.6 Å². The van der Waals surface area contributed by atoms with Crippen LogP contribution in [0.4, 0.5) is 0 Å². The lowest BCUT2D eigenvalue weighted by atomic mass is 9.93. The molecule has 0 aromatic heterocycles. The van der Waals surface area contributed by atoms with E-state index in [2.05, 4.69) is 0 Å². The summed E-state index contributed by atoms with van der Waals surface area (Å²) in [6.45, 7) is 9.41. The summed E-state index contributed by atoms with van der Waals surface area (Å²) in [5.41, 5.74) is -0.114. The molecule has 90 valence electrons. The van der Waals surface area contributed by atoms with Crippen molar-refractivity contribution in [2.24, 2.45) is 10.8 Å². The lowest BCUT2D eigenvalue weighted by Crippen LogP contribution is -2.25. The van der Waals surface area contributed by atoms with Gasteiger partial charge in [0.25, 0.3) is 0 Å². The lowest BCUT2D eigenvalue weighted by molar-refractivity contribution is -0.153. The fourth-order valence-corrected chi connectivity index (χ4v) is 2.05. The number of hydrogen-bond acceptors (Lipinski definition) is 3. The first-order valence-electron chi connectivity index (χ1n) is 5.61. The SMILES string of the molecule is C/C(C=O)=C\C1(C(=O)OC(C)C)CC1(C)C. The summed E-state index contributed by atoms with van der Waals surface area (Å²) in [7, 11) is 0. The predicted octanol–water partition coefficient (Wildman–Crippen LogP) is 2.50.